The van der Waals surface area contributed by atoms with Gasteiger partial charge in [-0.25, -0.2) is 0 Å². The van der Waals surface area contributed by atoms with Crippen molar-refractivity contribution < 1.29 is 4.79 Å². The average molecular weight is 350 g/mol. The van der Waals surface area contributed by atoms with Crippen molar-refractivity contribution in [2.75, 3.05) is 0 Å². The molecule has 1 amide bonds. The lowest BCUT2D eigenvalue weighted by Gasteiger charge is -2.07. The highest BCUT2D eigenvalue weighted by molar-refractivity contribution is 5.93. The third-order valence-electron chi connectivity index (χ3n) is 4.76. The van der Waals surface area contributed by atoms with E-state index in [1.165, 1.54) is 12.0 Å². The van der Waals surface area contributed by atoms with E-state index in [1.807, 2.05) is 31.2 Å². The van der Waals surface area contributed by atoms with E-state index >= 15 is 0 Å². The molecule has 0 radical (unpaired) electrons. The number of aromatic nitrogens is 5. The standard InChI is InChI=1S/C19H22N6O/c1-13-6-8-14(9-7-13)15-11-16(22-21-15)19(26)20-12-18-24-23-17-5-3-2-4-10-25(17)18/h6-9,11H,2-5,10,12H2,1H3,(H,20,26)(H,21,22). The van der Waals surface area contributed by atoms with Crippen molar-refractivity contribution in [1.82, 2.24) is 30.3 Å². The van der Waals surface area contributed by atoms with E-state index < -0.39 is 0 Å². The Morgan fingerprint density at radius 1 is 1.19 bits per heavy atom. The van der Waals surface area contributed by atoms with Gasteiger partial charge in [0.05, 0.1) is 12.2 Å². The minimum Gasteiger partial charge on any atom is -0.343 e. The molecular formula is C19H22N6O. The predicted molar refractivity (Wildman–Crippen MR) is 97.5 cm³/mol. The number of nitrogens with zero attached hydrogens (tertiary/aromatic N) is 4. The predicted octanol–water partition coefficient (Wildman–Crippen LogP) is 2.63. The van der Waals surface area contributed by atoms with Crippen molar-refractivity contribution in [3.63, 3.8) is 0 Å². The number of hydrogen-bond acceptors (Lipinski definition) is 4. The maximum Gasteiger partial charge on any atom is 0.269 e. The molecule has 134 valence electrons. The van der Waals surface area contributed by atoms with Gasteiger partial charge in [0.1, 0.15) is 11.5 Å². The summed E-state index contributed by atoms with van der Waals surface area (Å²) >= 11 is 0. The van der Waals surface area contributed by atoms with E-state index in [2.05, 4.69) is 30.3 Å². The summed E-state index contributed by atoms with van der Waals surface area (Å²) in [6.07, 6.45) is 4.46. The van der Waals surface area contributed by atoms with Gasteiger partial charge in [-0.05, 0) is 25.8 Å². The van der Waals surface area contributed by atoms with Gasteiger partial charge in [0.15, 0.2) is 5.82 Å². The van der Waals surface area contributed by atoms with Crippen LogP contribution in [0.15, 0.2) is 30.3 Å². The maximum atomic E-state index is 12.4. The second kappa shape index (κ2) is 7.11. The first kappa shape index (κ1) is 16.5. The molecule has 0 unspecified atom stereocenters. The Hall–Kier alpha value is -2.96. The largest absolute Gasteiger partial charge is 0.343 e. The minimum atomic E-state index is -0.193. The van der Waals surface area contributed by atoms with E-state index in [0.717, 1.165) is 48.7 Å². The summed E-state index contributed by atoms with van der Waals surface area (Å²) < 4.78 is 2.14. The molecule has 0 bridgehead atoms. The van der Waals surface area contributed by atoms with Gasteiger partial charge in [0.2, 0.25) is 0 Å². The number of aryl methyl sites for hydroxylation is 2. The summed E-state index contributed by atoms with van der Waals surface area (Å²) in [5, 5.41) is 18.5. The fourth-order valence-corrected chi connectivity index (χ4v) is 3.24. The molecule has 2 aromatic heterocycles. The smallest absolute Gasteiger partial charge is 0.269 e. The van der Waals surface area contributed by atoms with Crippen LogP contribution in [-0.2, 0) is 19.5 Å². The molecular weight excluding hydrogens is 328 g/mol. The van der Waals surface area contributed by atoms with Gasteiger partial charge in [-0.2, -0.15) is 5.10 Å². The molecule has 1 aliphatic heterocycles. The average Bonchev–Trinajstić information content (AvgIpc) is 3.22. The Kier molecular flexibility index (Phi) is 4.51. The maximum absolute atomic E-state index is 12.4. The van der Waals surface area contributed by atoms with Crippen LogP contribution in [0.5, 0.6) is 0 Å². The Labute approximate surface area is 151 Å². The van der Waals surface area contributed by atoms with Crippen LogP contribution in [0, 0.1) is 6.92 Å². The number of hydrogen-bond donors (Lipinski definition) is 2. The van der Waals surface area contributed by atoms with Gasteiger partial charge in [0, 0.05) is 18.5 Å². The van der Waals surface area contributed by atoms with E-state index in [9.17, 15) is 4.79 Å². The van der Waals surface area contributed by atoms with Gasteiger partial charge >= 0.3 is 0 Å². The molecule has 3 heterocycles. The normalized spacial score (nSPS) is 13.9. The molecule has 26 heavy (non-hydrogen) atoms. The van der Waals surface area contributed by atoms with Crippen LogP contribution in [-0.4, -0.2) is 30.9 Å². The zero-order chi connectivity index (χ0) is 17.9. The van der Waals surface area contributed by atoms with Crippen LogP contribution in [0.25, 0.3) is 11.3 Å². The molecule has 0 saturated heterocycles. The van der Waals surface area contributed by atoms with E-state index in [4.69, 9.17) is 0 Å². The van der Waals surface area contributed by atoms with E-state index in [0.29, 0.717) is 12.2 Å². The van der Waals surface area contributed by atoms with Crippen LogP contribution < -0.4 is 5.32 Å². The Balaban J connectivity index is 1.43. The summed E-state index contributed by atoms with van der Waals surface area (Å²) in [6, 6.07) is 9.82. The summed E-state index contributed by atoms with van der Waals surface area (Å²) in [7, 11) is 0. The molecule has 7 nitrogen and oxygen atoms in total. The van der Waals surface area contributed by atoms with Crippen molar-refractivity contribution in [1.29, 1.82) is 0 Å². The number of carbonyl (C=O) groups is 1. The number of H-pyrrole nitrogens is 1. The van der Waals surface area contributed by atoms with Crippen LogP contribution in [0.1, 0.15) is 47.0 Å². The van der Waals surface area contributed by atoms with Crippen LogP contribution >= 0.6 is 0 Å². The third kappa shape index (κ3) is 3.37. The fraction of sp³-hybridized carbons (Fsp3) is 0.368. The first-order chi connectivity index (χ1) is 12.7. The topological polar surface area (TPSA) is 88.5 Å². The van der Waals surface area contributed by atoms with Gasteiger partial charge in [0.25, 0.3) is 5.91 Å². The highest BCUT2D eigenvalue weighted by Gasteiger charge is 2.16. The number of rotatable bonds is 4. The molecule has 1 aliphatic rings. The molecule has 1 aromatic carbocycles. The first-order valence-electron chi connectivity index (χ1n) is 9.02. The number of fused-ring (bicyclic) bond motifs is 1. The zero-order valence-electron chi connectivity index (χ0n) is 14.8. The first-order valence-corrected chi connectivity index (χ1v) is 9.02. The molecule has 2 N–H and O–H groups in total. The highest BCUT2D eigenvalue weighted by Crippen LogP contribution is 2.18. The van der Waals surface area contributed by atoms with Gasteiger partial charge in [-0.15, -0.1) is 10.2 Å². The van der Waals surface area contributed by atoms with Crippen LogP contribution in [0.2, 0.25) is 0 Å². The molecule has 0 saturated carbocycles. The molecule has 3 aromatic rings. The fourth-order valence-electron chi connectivity index (χ4n) is 3.24. The summed E-state index contributed by atoms with van der Waals surface area (Å²) in [5.41, 5.74) is 3.37. The number of benzene rings is 1. The summed E-state index contributed by atoms with van der Waals surface area (Å²) in [5.74, 6) is 1.64. The van der Waals surface area contributed by atoms with Crippen LogP contribution in [0.4, 0.5) is 0 Å². The molecule has 4 rings (SSSR count). The lowest BCUT2D eigenvalue weighted by molar-refractivity contribution is 0.0944. The molecule has 0 spiro atoms. The van der Waals surface area contributed by atoms with Crippen molar-refractivity contribution in [2.45, 2.75) is 45.7 Å². The molecule has 7 heteroatoms. The van der Waals surface area contributed by atoms with Gasteiger partial charge < -0.3 is 9.88 Å². The Morgan fingerprint density at radius 3 is 2.88 bits per heavy atom. The van der Waals surface area contributed by atoms with E-state index in [1.54, 1.807) is 6.07 Å². The monoisotopic (exact) mass is 350 g/mol. The molecule has 0 aliphatic carbocycles. The zero-order valence-corrected chi connectivity index (χ0v) is 14.8. The van der Waals surface area contributed by atoms with Crippen molar-refractivity contribution in [2.24, 2.45) is 0 Å². The Morgan fingerprint density at radius 2 is 2.04 bits per heavy atom. The van der Waals surface area contributed by atoms with Crippen LogP contribution in [0.3, 0.4) is 0 Å². The van der Waals surface area contributed by atoms with Crippen molar-refractivity contribution >= 4 is 5.91 Å². The quantitative estimate of drug-likeness (QED) is 0.757. The second-order valence-electron chi connectivity index (χ2n) is 6.71. The van der Waals surface area contributed by atoms with Crippen molar-refractivity contribution in [3.05, 3.63) is 53.2 Å². The summed E-state index contributed by atoms with van der Waals surface area (Å²) in [6.45, 7) is 3.33. The minimum absolute atomic E-state index is 0.193. The third-order valence-corrected chi connectivity index (χ3v) is 4.76. The number of nitrogens with one attached hydrogen (secondary N) is 2. The summed E-state index contributed by atoms with van der Waals surface area (Å²) in [4.78, 5) is 12.4. The van der Waals surface area contributed by atoms with Gasteiger partial charge in [-0.3, -0.25) is 9.89 Å². The molecule has 0 fully saturated rings. The van der Waals surface area contributed by atoms with E-state index in [-0.39, 0.29) is 5.91 Å². The SMILES string of the molecule is Cc1ccc(-c2cc(C(=O)NCc3nnc4n3CCCCC4)[nH]n2)cc1. The lowest BCUT2D eigenvalue weighted by Crippen LogP contribution is -2.25. The molecule has 0 atom stereocenters. The highest BCUT2D eigenvalue weighted by atomic mass is 16.1. The van der Waals surface area contributed by atoms with Gasteiger partial charge in [-0.1, -0.05) is 36.2 Å². The number of amides is 1. The lowest BCUT2D eigenvalue weighted by atomic mass is 10.1. The number of carbonyl (C=O) groups excluding carboxylic acids is 1. The van der Waals surface area contributed by atoms with Crippen molar-refractivity contribution in [3.8, 4) is 11.3 Å². The Bertz CT molecular complexity index is 909. The second-order valence-corrected chi connectivity index (χ2v) is 6.71. The number of aromatic amines is 1.